The van der Waals surface area contributed by atoms with Crippen molar-refractivity contribution in [1.82, 2.24) is 4.72 Å². The highest BCUT2D eigenvalue weighted by molar-refractivity contribution is 7.89. The fourth-order valence-electron chi connectivity index (χ4n) is 2.23. The minimum Gasteiger partial charge on any atom is -0.329 e. The fourth-order valence-corrected chi connectivity index (χ4v) is 3.74. The zero-order chi connectivity index (χ0) is 11.6. The molecule has 0 aromatic rings. The highest BCUT2D eigenvalue weighted by Gasteiger charge is 2.33. The maximum atomic E-state index is 11.8. The summed E-state index contributed by atoms with van der Waals surface area (Å²) in [6.07, 6.45) is 6.74. The number of sulfonamides is 1. The minimum absolute atomic E-state index is 0. The van der Waals surface area contributed by atoms with Gasteiger partial charge in [-0.05, 0) is 31.1 Å². The maximum Gasteiger partial charge on any atom is 0.211 e. The summed E-state index contributed by atoms with van der Waals surface area (Å²) in [6.45, 7) is 0.424. The quantitative estimate of drug-likeness (QED) is 0.738. The first kappa shape index (κ1) is 15.2. The first-order chi connectivity index (χ1) is 7.61. The highest BCUT2D eigenvalue weighted by Crippen LogP contribution is 2.33. The summed E-state index contributed by atoms with van der Waals surface area (Å²) in [5.74, 6) is 1.42. The molecule has 0 aromatic carbocycles. The van der Waals surface area contributed by atoms with Gasteiger partial charge < -0.3 is 5.73 Å². The van der Waals surface area contributed by atoms with E-state index in [9.17, 15) is 8.42 Å². The Balaban J connectivity index is 0.00000144. The van der Waals surface area contributed by atoms with Crippen molar-refractivity contribution in [3.8, 4) is 0 Å². The van der Waals surface area contributed by atoms with Gasteiger partial charge in [0.2, 0.25) is 10.0 Å². The van der Waals surface area contributed by atoms with Crippen molar-refractivity contribution < 1.29 is 8.42 Å². The summed E-state index contributed by atoms with van der Waals surface area (Å²) < 4.78 is 26.4. The Morgan fingerprint density at radius 1 is 1.24 bits per heavy atom. The van der Waals surface area contributed by atoms with Crippen LogP contribution in [0.2, 0.25) is 0 Å². The molecule has 2 fully saturated rings. The molecule has 102 valence electrons. The van der Waals surface area contributed by atoms with E-state index in [1.165, 1.54) is 19.3 Å². The van der Waals surface area contributed by atoms with Gasteiger partial charge in [0.25, 0.3) is 0 Å². The van der Waals surface area contributed by atoms with Crippen LogP contribution in [-0.4, -0.2) is 26.8 Å². The van der Waals surface area contributed by atoms with Gasteiger partial charge in [0, 0.05) is 12.6 Å². The second-order valence-corrected chi connectivity index (χ2v) is 7.08. The summed E-state index contributed by atoms with van der Waals surface area (Å²) in [4.78, 5) is 0. The molecule has 4 nitrogen and oxygen atoms in total. The third kappa shape index (κ3) is 4.73. The summed E-state index contributed by atoms with van der Waals surface area (Å²) >= 11 is 0. The molecule has 0 aliphatic heterocycles. The predicted octanol–water partition coefficient (Wildman–Crippen LogP) is 1.26. The minimum atomic E-state index is -3.10. The first-order valence-electron chi connectivity index (χ1n) is 6.31. The molecule has 2 aliphatic rings. The van der Waals surface area contributed by atoms with E-state index in [-0.39, 0.29) is 24.2 Å². The van der Waals surface area contributed by atoms with E-state index in [1.807, 2.05) is 0 Å². The van der Waals surface area contributed by atoms with Crippen molar-refractivity contribution in [3.05, 3.63) is 0 Å². The van der Waals surface area contributed by atoms with Gasteiger partial charge in [-0.1, -0.05) is 19.3 Å². The number of nitrogens with one attached hydrogen (secondary N) is 1. The van der Waals surface area contributed by atoms with Crippen LogP contribution in [0.5, 0.6) is 0 Å². The van der Waals surface area contributed by atoms with Crippen LogP contribution < -0.4 is 10.5 Å². The standard InChI is InChI=1S/C11H22N2O2S.ClH/c12-8-11(10-4-5-10)13-16(14,15)7-6-9-2-1-3-9;/h9-11,13H,1-8,12H2;1H. The molecule has 3 N–H and O–H groups in total. The number of nitrogens with two attached hydrogens (primary N) is 1. The van der Waals surface area contributed by atoms with Crippen LogP contribution in [-0.2, 0) is 10.0 Å². The summed E-state index contributed by atoms with van der Waals surface area (Å²) in [7, 11) is -3.10. The molecular weight excluding hydrogens is 260 g/mol. The Morgan fingerprint density at radius 2 is 1.88 bits per heavy atom. The van der Waals surface area contributed by atoms with Gasteiger partial charge in [-0.25, -0.2) is 13.1 Å². The van der Waals surface area contributed by atoms with E-state index in [0.717, 1.165) is 19.3 Å². The van der Waals surface area contributed by atoms with E-state index in [2.05, 4.69) is 4.72 Å². The second kappa shape index (κ2) is 6.36. The summed E-state index contributed by atoms with van der Waals surface area (Å²) in [5, 5.41) is 0. The van der Waals surface area contributed by atoms with Gasteiger partial charge >= 0.3 is 0 Å². The highest BCUT2D eigenvalue weighted by atomic mass is 35.5. The normalized spacial score (nSPS) is 22.6. The average molecular weight is 283 g/mol. The zero-order valence-corrected chi connectivity index (χ0v) is 11.7. The molecule has 2 saturated carbocycles. The molecule has 17 heavy (non-hydrogen) atoms. The third-order valence-electron chi connectivity index (χ3n) is 3.80. The molecule has 0 aromatic heterocycles. The second-order valence-electron chi connectivity index (χ2n) is 5.20. The Kier molecular flexibility index (Phi) is 5.70. The van der Waals surface area contributed by atoms with Gasteiger partial charge in [0.05, 0.1) is 5.75 Å². The van der Waals surface area contributed by atoms with E-state index in [1.54, 1.807) is 0 Å². The third-order valence-corrected chi connectivity index (χ3v) is 5.23. The lowest BCUT2D eigenvalue weighted by molar-refractivity contribution is 0.307. The van der Waals surface area contributed by atoms with Crippen LogP contribution in [0.15, 0.2) is 0 Å². The molecule has 0 radical (unpaired) electrons. The molecule has 0 spiro atoms. The molecule has 0 saturated heterocycles. The molecule has 2 aliphatic carbocycles. The Hall–Kier alpha value is 0.160. The summed E-state index contributed by atoms with van der Waals surface area (Å²) in [6, 6.07) is -0.0219. The topological polar surface area (TPSA) is 72.2 Å². The van der Waals surface area contributed by atoms with Crippen LogP contribution in [0, 0.1) is 11.8 Å². The van der Waals surface area contributed by atoms with E-state index >= 15 is 0 Å². The van der Waals surface area contributed by atoms with Crippen molar-refractivity contribution in [3.63, 3.8) is 0 Å². The Bertz CT molecular complexity index is 326. The molecule has 1 unspecified atom stereocenters. The molecular formula is C11H23ClN2O2S. The molecule has 0 heterocycles. The fraction of sp³-hybridized carbons (Fsp3) is 1.00. The predicted molar refractivity (Wildman–Crippen MR) is 71.7 cm³/mol. The largest absolute Gasteiger partial charge is 0.329 e. The van der Waals surface area contributed by atoms with Crippen molar-refractivity contribution in [2.24, 2.45) is 17.6 Å². The molecule has 0 amide bonds. The van der Waals surface area contributed by atoms with Crippen LogP contribution in [0.25, 0.3) is 0 Å². The lowest BCUT2D eigenvalue weighted by Gasteiger charge is -2.25. The van der Waals surface area contributed by atoms with Crippen molar-refractivity contribution in [1.29, 1.82) is 0 Å². The number of rotatable bonds is 7. The summed E-state index contributed by atoms with van der Waals surface area (Å²) in [5.41, 5.74) is 5.59. The van der Waals surface area contributed by atoms with Crippen LogP contribution in [0.1, 0.15) is 38.5 Å². The molecule has 6 heteroatoms. The first-order valence-corrected chi connectivity index (χ1v) is 7.96. The Morgan fingerprint density at radius 3 is 2.29 bits per heavy atom. The van der Waals surface area contributed by atoms with Crippen molar-refractivity contribution >= 4 is 22.4 Å². The zero-order valence-electron chi connectivity index (χ0n) is 10.1. The van der Waals surface area contributed by atoms with E-state index in [4.69, 9.17) is 5.73 Å². The van der Waals surface area contributed by atoms with Crippen LogP contribution >= 0.6 is 12.4 Å². The Labute approximate surface area is 110 Å². The van der Waals surface area contributed by atoms with Crippen molar-refractivity contribution in [2.75, 3.05) is 12.3 Å². The van der Waals surface area contributed by atoms with Crippen molar-refractivity contribution in [2.45, 2.75) is 44.6 Å². The number of hydrogen-bond acceptors (Lipinski definition) is 3. The van der Waals surface area contributed by atoms with Crippen LogP contribution in [0.3, 0.4) is 0 Å². The van der Waals surface area contributed by atoms with Gasteiger partial charge in [0.15, 0.2) is 0 Å². The number of halogens is 1. The monoisotopic (exact) mass is 282 g/mol. The molecule has 1 atom stereocenters. The van der Waals surface area contributed by atoms with E-state index in [0.29, 0.717) is 18.4 Å². The maximum absolute atomic E-state index is 11.8. The average Bonchev–Trinajstić information content (AvgIpc) is 2.94. The lowest BCUT2D eigenvalue weighted by atomic mass is 9.84. The van der Waals surface area contributed by atoms with Gasteiger partial charge in [-0.15, -0.1) is 12.4 Å². The van der Waals surface area contributed by atoms with Gasteiger partial charge in [-0.3, -0.25) is 0 Å². The lowest BCUT2D eigenvalue weighted by Crippen LogP contribution is -2.43. The van der Waals surface area contributed by atoms with Gasteiger partial charge in [-0.2, -0.15) is 0 Å². The number of hydrogen-bond donors (Lipinski definition) is 2. The van der Waals surface area contributed by atoms with Gasteiger partial charge in [0.1, 0.15) is 0 Å². The molecule has 2 rings (SSSR count). The smallest absolute Gasteiger partial charge is 0.211 e. The molecule has 0 bridgehead atoms. The SMILES string of the molecule is Cl.NCC(NS(=O)(=O)CCC1CCC1)C1CC1. The van der Waals surface area contributed by atoms with E-state index < -0.39 is 10.0 Å². The van der Waals surface area contributed by atoms with Crippen LogP contribution in [0.4, 0.5) is 0 Å².